The Morgan fingerprint density at radius 1 is 1.00 bits per heavy atom. The molecule has 2 aromatic carbocycles. The first-order valence-corrected chi connectivity index (χ1v) is 7.83. The number of carbonyl (C=O) groups is 1. The Labute approximate surface area is 149 Å². The smallest absolute Gasteiger partial charge is 0.255 e. The second kappa shape index (κ2) is 7.34. The number of nitrogens with one attached hydrogen (secondary N) is 1. The van der Waals surface area contributed by atoms with E-state index in [1.165, 1.54) is 6.20 Å². The Morgan fingerprint density at radius 2 is 1.79 bits per heavy atom. The van der Waals surface area contributed by atoms with Gasteiger partial charge >= 0.3 is 0 Å². The summed E-state index contributed by atoms with van der Waals surface area (Å²) in [5, 5.41) is 3.69. The molecular formula is C18H12Cl2N2O2. The maximum atomic E-state index is 12.1. The lowest BCUT2D eigenvalue weighted by Gasteiger charge is -2.08. The quantitative estimate of drug-likeness (QED) is 0.676. The number of rotatable bonds is 4. The molecule has 1 aromatic heterocycles. The van der Waals surface area contributed by atoms with Crippen molar-refractivity contribution in [3.8, 4) is 11.6 Å². The molecule has 0 saturated carbocycles. The van der Waals surface area contributed by atoms with E-state index in [2.05, 4.69) is 10.3 Å². The monoisotopic (exact) mass is 358 g/mol. The van der Waals surface area contributed by atoms with E-state index < -0.39 is 0 Å². The first-order valence-electron chi connectivity index (χ1n) is 7.07. The van der Waals surface area contributed by atoms with Gasteiger partial charge in [-0.2, -0.15) is 0 Å². The van der Waals surface area contributed by atoms with Crippen LogP contribution in [0.4, 0.5) is 5.69 Å². The summed E-state index contributed by atoms with van der Waals surface area (Å²) in [6.07, 6.45) is 1.51. The van der Waals surface area contributed by atoms with E-state index in [0.717, 1.165) is 0 Å². The normalized spacial score (nSPS) is 10.2. The minimum Gasteiger partial charge on any atom is -0.437 e. The van der Waals surface area contributed by atoms with Crippen molar-refractivity contribution in [2.75, 3.05) is 5.32 Å². The van der Waals surface area contributed by atoms with Crippen LogP contribution in [0.3, 0.4) is 0 Å². The van der Waals surface area contributed by atoms with Crippen LogP contribution < -0.4 is 10.1 Å². The molecule has 120 valence electrons. The van der Waals surface area contributed by atoms with Gasteiger partial charge in [-0.05, 0) is 36.4 Å². The van der Waals surface area contributed by atoms with Crippen molar-refractivity contribution >= 4 is 34.8 Å². The van der Waals surface area contributed by atoms with Crippen LogP contribution in [-0.4, -0.2) is 10.9 Å². The molecule has 0 radical (unpaired) electrons. The van der Waals surface area contributed by atoms with E-state index in [-0.39, 0.29) is 5.91 Å². The highest BCUT2D eigenvalue weighted by Crippen LogP contribution is 2.30. The number of carbonyl (C=O) groups excluding carboxylic acids is 1. The van der Waals surface area contributed by atoms with Gasteiger partial charge in [0.25, 0.3) is 5.91 Å². The zero-order valence-electron chi connectivity index (χ0n) is 12.4. The fourth-order valence-corrected chi connectivity index (χ4v) is 2.43. The fourth-order valence-electron chi connectivity index (χ4n) is 1.98. The fraction of sp³-hybridized carbons (Fsp3) is 0. The van der Waals surface area contributed by atoms with Crippen molar-refractivity contribution in [3.63, 3.8) is 0 Å². The number of anilines is 1. The van der Waals surface area contributed by atoms with Crippen LogP contribution in [0.15, 0.2) is 66.9 Å². The Balaban J connectivity index is 1.68. The van der Waals surface area contributed by atoms with Crippen LogP contribution in [0, 0.1) is 0 Å². The minimum atomic E-state index is -0.202. The van der Waals surface area contributed by atoms with Gasteiger partial charge in [-0.3, -0.25) is 4.79 Å². The SMILES string of the molecule is O=C(Nc1ccc(Oc2ccc(Cl)cc2Cl)nc1)c1ccccc1. The number of hydrogen-bond acceptors (Lipinski definition) is 3. The van der Waals surface area contributed by atoms with Crippen LogP contribution in [0.5, 0.6) is 11.6 Å². The van der Waals surface area contributed by atoms with Crippen LogP contribution in [-0.2, 0) is 0 Å². The standard InChI is InChI=1S/C18H12Cl2N2O2/c19-13-6-8-16(15(20)10-13)24-17-9-7-14(11-21-17)22-18(23)12-4-2-1-3-5-12/h1-11H,(H,22,23). The number of aromatic nitrogens is 1. The van der Waals surface area contributed by atoms with E-state index >= 15 is 0 Å². The van der Waals surface area contributed by atoms with Crippen LogP contribution in [0.25, 0.3) is 0 Å². The number of nitrogens with zero attached hydrogens (tertiary/aromatic N) is 1. The van der Waals surface area contributed by atoms with Gasteiger partial charge in [-0.1, -0.05) is 41.4 Å². The summed E-state index contributed by atoms with van der Waals surface area (Å²) >= 11 is 11.9. The van der Waals surface area contributed by atoms with Gasteiger partial charge in [0, 0.05) is 16.7 Å². The van der Waals surface area contributed by atoms with Crippen molar-refractivity contribution < 1.29 is 9.53 Å². The van der Waals surface area contributed by atoms with Crippen LogP contribution in [0.2, 0.25) is 10.0 Å². The van der Waals surface area contributed by atoms with E-state index in [1.54, 1.807) is 54.6 Å². The number of amides is 1. The topological polar surface area (TPSA) is 51.2 Å². The third kappa shape index (κ3) is 4.04. The maximum absolute atomic E-state index is 12.1. The highest BCUT2D eigenvalue weighted by Gasteiger charge is 2.07. The molecule has 0 aliphatic carbocycles. The van der Waals surface area contributed by atoms with Gasteiger partial charge in [0.1, 0.15) is 5.75 Å². The lowest BCUT2D eigenvalue weighted by Crippen LogP contribution is -2.11. The van der Waals surface area contributed by atoms with Gasteiger partial charge < -0.3 is 10.1 Å². The highest BCUT2D eigenvalue weighted by molar-refractivity contribution is 6.35. The Bertz CT molecular complexity index is 853. The van der Waals surface area contributed by atoms with Crippen LogP contribution >= 0.6 is 23.2 Å². The third-order valence-corrected chi connectivity index (χ3v) is 3.67. The second-order valence-electron chi connectivity index (χ2n) is 4.88. The van der Waals surface area contributed by atoms with Crippen molar-refractivity contribution in [2.45, 2.75) is 0 Å². The summed E-state index contributed by atoms with van der Waals surface area (Å²) in [7, 11) is 0. The van der Waals surface area contributed by atoms with Crippen molar-refractivity contribution in [2.24, 2.45) is 0 Å². The zero-order valence-corrected chi connectivity index (χ0v) is 13.9. The van der Waals surface area contributed by atoms with Crippen molar-refractivity contribution in [1.82, 2.24) is 4.98 Å². The molecule has 1 N–H and O–H groups in total. The molecule has 1 amide bonds. The molecule has 4 nitrogen and oxygen atoms in total. The molecule has 3 rings (SSSR count). The number of benzene rings is 2. The van der Waals surface area contributed by atoms with Gasteiger partial charge in [0.2, 0.25) is 5.88 Å². The molecule has 0 aliphatic rings. The second-order valence-corrected chi connectivity index (χ2v) is 5.73. The summed E-state index contributed by atoms with van der Waals surface area (Å²) in [4.78, 5) is 16.2. The summed E-state index contributed by atoms with van der Waals surface area (Å²) < 4.78 is 5.59. The molecule has 0 atom stereocenters. The molecule has 0 unspecified atom stereocenters. The third-order valence-electron chi connectivity index (χ3n) is 3.14. The molecule has 6 heteroatoms. The Hall–Kier alpha value is -2.56. The highest BCUT2D eigenvalue weighted by atomic mass is 35.5. The van der Waals surface area contributed by atoms with Crippen molar-refractivity contribution in [1.29, 1.82) is 0 Å². The van der Waals surface area contributed by atoms with Gasteiger partial charge in [0.05, 0.1) is 16.9 Å². The summed E-state index contributed by atoms with van der Waals surface area (Å²) in [6, 6.07) is 17.2. The Morgan fingerprint density at radius 3 is 2.46 bits per heavy atom. The lowest BCUT2D eigenvalue weighted by molar-refractivity contribution is 0.102. The van der Waals surface area contributed by atoms with Gasteiger partial charge in [-0.15, -0.1) is 0 Å². The van der Waals surface area contributed by atoms with Gasteiger partial charge in [0.15, 0.2) is 0 Å². The Kier molecular flexibility index (Phi) is 4.99. The first-order chi connectivity index (χ1) is 11.6. The minimum absolute atomic E-state index is 0.202. The molecule has 0 aliphatic heterocycles. The summed E-state index contributed by atoms with van der Waals surface area (Å²) in [6.45, 7) is 0. The molecule has 3 aromatic rings. The van der Waals surface area contributed by atoms with E-state index in [0.29, 0.717) is 32.9 Å². The first kappa shape index (κ1) is 16.3. The van der Waals surface area contributed by atoms with Crippen molar-refractivity contribution in [3.05, 3.63) is 82.5 Å². The van der Waals surface area contributed by atoms with E-state index in [1.807, 2.05) is 6.07 Å². The predicted molar refractivity (Wildman–Crippen MR) is 95.2 cm³/mol. The molecule has 0 bridgehead atoms. The van der Waals surface area contributed by atoms with E-state index in [4.69, 9.17) is 27.9 Å². The number of ether oxygens (including phenoxy) is 1. The molecule has 24 heavy (non-hydrogen) atoms. The molecule has 1 heterocycles. The number of hydrogen-bond donors (Lipinski definition) is 1. The lowest BCUT2D eigenvalue weighted by atomic mass is 10.2. The molecule has 0 spiro atoms. The number of pyridine rings is 1. The molecular weight excluding hydrogens is 347 g/mol. The predicted octanol–water partition coefficient (Wildman–Crippen LogP) is 5.43. The average Bonchev–Trinajstić information content (AvgIpc) is 2.60. The summed E-state index contributed by atoms with van der Waals surface area (Å²) in [5.74, 6) is 0.610. The zero-order chi connectivity index (χ0) is 16.9. The van der Waals surface area contributed by atoms with Crippen LogP contribution in [0.1, 0.15) is 10.4 Å². The molecule has 0 saturated heterocycles. The largest absolute Gasteiger partial charge is 0.437 e. The van der Waals surface area contributed by atoms with Gasteiger partial charge in [-0.25, -0.2) is 4.98 Å². The maximum Gasteiger partial charge on any atom is 0.255 e. The summed E-state index contributed by atoms with van der Waals surface area (Å²) in [5.41, 5.74) is 1.14. The van der Waals surface area contributed by atoms with E-state index in [9.17, 15) is 4.79 Å². The molecule has 0 fully saturated rings. The average molecular weight is 359 g/mol. The number of halogens is 2.